The number of carbonyl (C=O) groups is 2. The molecule has 1 aromatic heterocycles. The minimum absolute atomic E-state index is 0.00204. The number of piperidine rings is 1. The smallest absolute Gasteiger partial charge is 0.410 e. The van der Waals surface area contributed by atoms with E-state index >= 15 is 0 Å². The van der Waals surface area contributed by atoms with Gasteiger partial charge in [-0.3, -0.25) is 4.79 Å². The molecule has 2 aromatic carbocycles. The number of nitrogens with one attached hydrogen (secondary N) is 1. The highest BCUT2D eigenvalue weighted by Gasteiger charge is 2.32. The van der Waals surface area contributed by atoms with Gasteiger partial charge in [0, 0.05) is 24.7 Å². The summed E-state index contributed by atoms with van der Waals surface area (Å²) in [5.41, 5.74) is 3.51. The second-order valence-corrected chi connectivity index (χ2v) is 10.4. The minimum Gasteiger partial charge on any atom is -0.444 e. The molecule has 0 bridgehead atoms. The maximum atomic E-state index is 14.1. The normalized spacial score (nSPS) is 14.6. The molecule has 1 aliphatic heterocycles. The summed E-state index contributed by atoms with van der Waals surface area (Å²) in [7, 11) is 0. The van der Waals surface area contributed by atoms with Crippen molar-refractivity contribution in [2.75, 3.05) is 18.4 Å². The van der Waals surface area contributed by atoms with E-state index in [1.165, 1.54) is 6.07 Å². The summed E-state index contributed by atoms with van der Waals surface area (Å²) in [6.07, 6.45) is 2.57. The van der Waals surface area contributed by atoms with E-state index in [1.54, 1.807) is 30.2 Å². The summed E-state index contributed by atoms with van der Waals surface area (Å²) >= 11 is 0. The average Bonchev–Trinajstić information content (AvgIpc) is 3.26. The van der Waals surface area contributed by atoms with Gasteiger partial charge in [-0.2, -0.15) is 5.10 Å². The molecule has 3 aromatic rings. The molecule has 190 valence electrons. The summed E-state index contributed by atoms with van der Waals surface area (Å²) < 4.78 is 21.4. The lowest BCUT2D eigenvalue weighted by molar-refractivity contribution is 0.0203. The van der Waals surface area contributed by atoms with Gasteiger partial charge < -0.3 is 15.0 Å². The molecule has 1 saturated heterocycles. The van der Waals surface area contributed by atoms with Crippen LogP contribution in [0.25, 0.3) is 5.69 Å². The number of amides is 2. The number of anilines is 1. The second-order valence-electron chi connectivity index (χ2n) is 10.4. The zero-order valence-electron chi connectivity index (χ0n) is 21.5. The van der Waals surface area contributed by atoms with Crippen molar-refractivity contribution >= 4 is 17.7 Å². The van der Waals surface area contributed by atoms with Crippen molar-refractivity contribution in [3.8, 4) is 5.69 Å². The maximum absolute atomic E-state index is 14.1. The lowest BCUT2D eigenvalue weighted by Gasteiger charge is -2.34. The van der Waals surface area contributed by atoms with Crippen LogP contribution >= 0.6 is 0 Å². The van der Waals surface area contributed by atoms with E-state index in [4.69, 9.17) is 4.74 Å². The quantitative estimate of drug-likeness (QED) is 0.485. The predicted octanol–water partition coefficient (Wildman–Crippen LogP) is 6.00. The van der Waals surface area contributed by atoms with E-state index in [2.05, 4.69) is 10.4 Å². The van der Waals surface area contributed by atoms with Gasteiger partial charge in [0.15, 0.2) is 0 Å². The molecule has 1 N–H and O–H groups in total. The van der Waals surface area contributed by atoms with Crippen LogP contribution in [0.4, 0.5) is 14.9 Å². The Morgan fingerprint density at radius 2 is 1.81 bits per heavy atom. The van der Waals surface area contributed by atoms with Crippen LogP contribution in [0.15, 0.2) is 48.7 Å². The molecular formula is C28H33FN4O3. The fourth-order valence-corrected chi connectivity index (χ4v) is 4.42. The van der Waals surface area contributed by atoms with Gasteiger partial charge in [0.25, 0.3) is 5.91 Å². The standard InChI is InChI=1S/C28H33FN4O3/c1-18-7-6-8-22(15-18)33-25(20-11-13-32(14-12-20)27(35)36-28(3,4)5)23(17-30-33)26(34)31-21-10-9-19(2)24(29)16-21/h6-10,15-17,20H,11-14H2,1-5H3,(H,31,34). The van der Waals surface area contributed by atoms with Crippen LogP contribution in [0.3, 0.4) is 0 Å². The van der Waals surface area contributed by atoms with E-state index in [9.17, 15) is 14.0 Å². The largest absolute Gasteiger partial charge is 0.444 e. The third-order valence-electron chi connectivity index (χ3n) is 6.26. The third-order valence-corrected chi connectivity index (χ3v) is 6.26. The Hall–Kier alpha value is -3.68. The van der Waals surface area contributed by atoms with Crippen molar-refractivity contribution < 1.29 is 18.7 Å². The fraction of sp³-hybridized carbons (Fsp3) is 0.393. The third kappa shape index (κ3) is 5.75. The van der Waals surface area contributed by atoms with Crippen LogP contribution in [0, 0.1) is 19.7 Å². The summed E-state index contributed by atoms with van der Waals surface area (Å²) in [4.78, 5) is 27.6. The van der Waals surface area contributed by atoms with Crippen LogP contribution in [0.5, 0.6) is 0 Å². The van der Waals surface area contributed by atoms with Crippen LogP contribution in [-0.4, -0.2) is 45.4 Å². The first kappa shape index (κ1) is 25.4. The number of nitrogens with zero attached hydrogens (tertiary/aromatic N) is 3. The van der Waals surface area contributed by atoms with Crippen molar-refractivity contribution in [1.29, 1.82) is 0 Å². The average molecular weight is 493 g/mol. The maximum Gasteiger partial charge on any atom is 0.410 e. The number of aromatic nitrogens is 2. The number of carbonyl (C=O) groups excluding carboxylic acids is 2. The first-order chi connectivity index (χ1) is 17.0. The van der Waals surface area contributed by atoms with Crippen LogP contribution < -0.4 is 5.32 Å². The number of rotatable bonds is 4. The van der Waals surface area contributed by atoms with E-state index < -0.39 is 5.60 Å². The minimum atomic E-state index is -0.557. The Balaban J connectivity index is 1.62. The Morgan fingerprint density at radius 3 is 2.44 bits per heavy atom. The van der Waals surface area contributed by atoms with Gasteiger partial charge in [0.05, 0.1) is 23.1 Å². The molecular weight excluding hydrogens is 459 g/mol. The van der Waals surface area contributed by atoms with Gasteiger partial charge in [-0.25, -0.2) is 13.9 Å². The van der Waals surface area contributed by atoms with Crippen LogP contribution in [0.1, 0.15) is 66.7 Å². The molecule has 0 spiro atoms. The highest BCUT2D eigenvalue weighted by Crippen LogP contribution is 2.33. The Morgan fingerprint density at radius 1 is 1.08 bits per heavy atom. The molecule has 7 nitrogen and oxygen atoms in total. The van der Waals surface area contributed by atoms with Crippen LogP contribution in [-0.2, 0) is 4.74 Å². The molecule has 0 saturated carbocycles. The number of aryl methyl sites for hydroxylation is 2. The van der Waals surface area contributed by atoms with Gasteiger partial charge >= 0.3 is 6.09 Å². The van der Waals surface area contributed by atoms with Crippen molar-refractivity contribution in [2.45, 2.75) is 59.0 Å². The molecule has 2 amide bonds. The molecule has 4 rings (SSSR count). The van der Waals surface area contributed by atoms with E-state index in [0.717, 1.165) is 16.9 Å². The Kier molecular flexibility index (Phi) is 7.15. The SMILES string of the molecule is Cc1cccc(-n2ncc(C(=O)Nc3ccc(C)c(F)c3)c2C2CCN(C(=O)OC(C)(C)C)CC2)c1. The number of likely N-dealkylation sites (tertiary alicyclic amines) is 1. The molecule has 0 unspecified atom stereocenters. The van der Waals surface area contributed by atoms with Crippen molar-refractivity contribution in [3.05, 3.63) is 76.9 Å². The zero-order valence-corrected chi connectivity index (χ0v) is 21.5. The molecule has 1 fully saturated rings. The van der Waals surface area contributed by atoms with Crippen molar-refractivity contribution in [3.63, 3.8) is 0 Å². The number of benzene rings is 2. The molecule has 0 atom stereocenters. The topological polar surface area (TPSA) is 76.5 Å². The molecule has 1 aliphatic rings. The van der Waals surface area contributed by atoms with E-state index in [-0.39, 0.29) is 23.7 Å². The Labute approximate surface area is 211 Å². The summed E-state index contributed by atoms with van der Waals surface area (Å²) in [6, 6.07) is 12.6. The molecule has 36 heavy (non-hydrogen) atoms. The number of ether oxygens (including phenoxy) is 1. The summed E-state index contributed by atoms with van der Waals surface area (Å²) in [5.74, 6) is -0.720. The summed E-state index contributed by atoms with van der Waals surface area (Å²) in [6.45, 7) is 10.3. The van der Waals surface area contributed by atoms with Gasteiger partial charge in [0.1, 0.15) is 11.4 Å². The molecule has 8 heteroatoms. The van der Waals surface area contributed by atoms with Gasteiger partial charge in [-0.15, -0.1) is 0 Å². The van der Waals surface area contributed by atoms with Gasteiger partial charge in [-0.05, 0) is 82.9 Å². The second kappa shape index (κ2) is 10.1. The number of halogens is 1. The van der Waals surface area contributed by atoms with Crippen LogP contribution in [0.2, 0.25) is 0 Å². The highest BCUT2D eigenvalue weighted by molar-refractivity contribution is 6.05. The number of hydrogen-bond acceptors (Lipinski definition) is 4. The van der Waals surface area contributed by atoms with Gasteiger partial charge in [-0.1, -0.05) is 18.2 Å². The van der Waals surface area contributed by atoms with Gasteiger partial charge in [0.2, 0.25) is 0 Å². The lowest BCUT2D eigenvalue weighted by Crippen LogP contribution is -2.41. The molecule has 2 heterocycles. The zero-order chi connectivity index (χ0) is 26.0. The van der Waals surface area contributed by atoms with Crippen molar-refractivity contribution in [1.82, 2.24) is 14.7 Å². The number of hydrogen-bond donors (Lipinski definition) is 1. The fourth-order valence-electron chi connectivity index (χ4n) is 4.42. The molecule has 0 aliphatic carbocycles. The lowest BCUT2D eigenvalue weighted by atomic mass is 9.90. The van der Waals surface area contributed by atoms with E-state index in [1.807, 2.05) is 56.6 Å². The first-order valence-electron chi connectivity index (χ1n) is 12.2. The Bertz CT molecular complexity index is 1270. The first-order valence-corrected chi connectivity index (χ1v) is 12.2. The monoisotopic (exact) mass is 492 g/mol. The van der Waals surface area contributed by atoms with Crippen molar-refractivity contribution in [2.24, 2.45) is 0 Å². The highest BCUT2D eigenvalue weighted by atomic mass is 19.1. The van der Waals surface area contributed by atoms with E-state index in [0.29, 0.717) is 42.7 Å². The molecule has 0 radical (unpaired) electrons. The summed E-state index contributed by atoms with van der Waals surface area (Å²) in [5, 5.41) is 7.39. The predicted molar refractivity (Wildman–Crippen MR) is 137 cm³/mol.